The van der Waals surface area contributed by atoms with Crippen LogP contribution in [0.1, 0.15) is 12.5 Å². The molecule has 1 aliphatic heterocycles. The minimum absolute atomic E-state index is 0.0525. The molecule has 1 aromatic rings. The average molecular weight is 432 g/mol. The number of alkyl halides is 2. The third-order valence-corrected chi connectivity index (χ3v) is 4.73. The Kier molecular flexibility index (Phi) is 10.1. The first-order chi connectivity index (χ1) is 14.5. The van der Waals surface area contributed by atoms with E-state index in [0.29, 0.717) is 30.5 Å². The zero-order valence-electron chi connectivity index (χ0n) is 17.3. The highest BCUT2D eigenvalue weighted by Crippen LogP contribution is 2.16. The Morgan fingerprint density at radius 2 is 2.10 bits per heavy atom. The monoisotopic (exact) mass is 431 g/mol. The molecule has 0 saturated carbocycles. The van der Waals surface area contributed by atoms with Crippen molar-refractivity contribution < 1.29 is 8.78 Å². The second-order valence-electron chi connectivity index (χ2n) is 6.85. The Balaban J connectivity index is 0.000000386. The second-order valence-corrected chi connectivity index (χ2v) is 7.12. The highest BCUT2D eigenvalue weighted by Gasteiger charge is 2.20. The van der Waals surface area contributed by atoms with Gasteiger partial charge in [0.2, 0.25) is 0 Å². The number of allylic oxidation sites excluding steroid dienone is 7. The summed E-state index contributed by atoms with van der Waals surface area (Å²) in [5.41, 5.74) is 3.02. The van der Waals surface area contributed by atoms with Crippen LogP contribution in [0.2, 0.25) is 0 Å². The number of hydrogen-bond acceptors (Lipinski definition) is 3. The van der Waals surface area contributed by atoms with Crippen LogP contribution in [0.15, 0.2) is 94.8 Å². The summed E-state index contributed by atoms with van der Waals surface area (Å²) in [5, 5.41) is 6.34. The molecule has 0 amide bonds. The Morgan fingerprint density at radius 1 is 1.33 bits per heavy atom. The van der Waals surface area contributed by atoms with Gasteiger partial charge < -0.3 is 10.6 Å². The van der Waals surface area contributed by atoms with Crippen LogP contribution in [-0.2, 0) is 0 Å². The van der Waals surface area contributed by atoms with E-state index in [1.807, 2.05) is 43.4 Å². The van der Waals surface area contributed by atoms with Crippen molar-refractivity contribution in [1.82, 2.24) is 10.6 Å². The highest BCUT2D eigenvalue weighted by atomic mass is 35.5. The average Bonchev–Trinajstić information content (AvgIpc) is 3.15. The zero-order chi connectivity index (χ0) is 21.8. The molecule has 3 nitrogen and oxygen atoms in total. The van der Waals surface area contributed by atoms with E-state index in [9.17, 15) is 8.78 Å². The maximum Gasteiger partial charge on any atom is 0.192 e. The number of halogens is 3. The number of rotatable bonds is 5. The molecule has 0 spiro atoms. The second kappa shape index (κ2) is 12.8. The summed E-state index contributed by atoms with van der Waals surface area (Å²) in [4.78, 5) is 4.37. The molecule has 0 bridgehead atoms. The van der Waals surface area contributed by atoms with Gasteiger partial charge in [-0.15, -0.1) is 11.6 Å². The quantitative estimate of drug-likeness (QED) is 0.488. The molecule has 30 heavy (non-hydrogen) atoms. The Morgan fingerprint density at radius 3 is 2.73 bits per heavy atom. The molecule has 0 aromatic heterocycles. The fourth-order valence-corrected chi connectivity index (χ4v) is 3.01. The summed E-state index contributed by atoms with van der Waals surface area (Å²) >= 11 is 5.96. The van der Waals surface area contributed by atoms with Crippen LogP contribution in [0, 0.1) is 6.92 Å². The summed E-state index contributed by atoms with van der Waals surface area (Å²) < 4.78 is 26.6. The molecule has 2 aliphatic rings. The molecule has 1 aliphatic carbocycles. The van der Waals surface area contributed by atoms with Crippen molar-refractivity contribution in [2.24, 2.45) is 4.99 Å². The summed E-state index contributed by atoms with van der Waals surface area (Å²) in [6.07, 6.45) is 9.76. The van der Waals surface area contributed by atoms with Crippen molar-refractivity contribution >= 4 is 17.6 Å². The van der Waals surface area contributed by atoms with Crippen molar-refractivity contribution in [3.63, 3.8) is 0 Å². The third kappa shape index (κ3) is 7.99. The summed E-state index contributed by atoms with van der Waals surface area (Å²) in [7, 11) is 0. The first-order valence-corrected chi connectivity index (χ1v) is 10.4. The number of aliphatic imine (C=N–C) groups is 1. The number of nitrogens with zero attached hydrogens (tertiary/aromatic N) is 1. The van der Waals surface area contributed by atoms with E-state index >= 15 is 0 Å². The van der Waals surface area contributed by atoms with Crippen molar-refractivity contribution in [2.75, 3.05) is 19.0 Å². The molecule has 2 N–H and O–H groups in total. The number of benzene rings is 1. The summed E-state index contributed by atoms with van der Waals surface area (Å²) in [6, 6.07) is 10.3. The summed E-state index contributed by atoms with van der Waals surface area (Å²) in [6.45, 7) is 4.98. The fraction of sp³-hybridized carbons (Fsp3) is 0.292. The van der Waals surface area contributed by atoms with Crippen molar-refractivity contribution in [3.05, 3.63) is 95.4 Å². The minimum atomic E-state index is -1.67. The van der Waals surface area contributed by atoms with E-state index in [1.54, 1.807) is 6.08 Å². The van der Waals surface area contributed by atoms with E-state index in [0.717, 1.165) is 5.57 Å². The lowest BCUT2D eigenvalue weighted by Crippen LogP contribution is -2.40. The van der Waals surface area contributed by atoms with Crippen molar-refractivity contribution in [1.29, 1.82) is 0 Å². The molecular formula is C24H28ClF2N3. The Labute approximate surface area is 182 Å². The van der Waals surface area contributed by atoms with Gasteiger partial charge in [-0.3, -0.25) is 4.99 Å². The SMILES string of the molecule is C/C=C\C=C(/CCl)[C@@H]1CN=C(NCC2=CC=CC(F)C(F)=C2)N1.Cc1ccccc1. The third-order valence-electron chi connectivity index (χ3n) is 4.43. The molecule has 0 radical (unpaired) electrons. The van der Waals surface area contributed by atoms with Crippen LogP contribution in [0.5, 0.6) is 0 Å². The van der Waals surface area contributed by atoms with Crippen LogP contribution >= 0.6 is 11.6 Å². The van der Waals surface area contributed by atoms with Crippen LogP contribution in [0.3, 0.4) is 0 Å². The Bertz CT molecular complexity index is 854. The van der Waals surface area contributed by atoms with Crippen LogP contribution in [0.4, 0.5) is 8.78 Å². The van der Waals surface area contributed by atoms with E-state index in [-0.39, 0.29) is 6.04 Å². The van der Waals surface area contributed by atoms with E-state index in [2.05, 4.69) is 34.7 Å². The maximum atomic E-state index is 13.4. The lowest BCUT2D eigenvalue weighted by atomic mass is 10.1. The van der Waals surface area contributed by atoms with Gasteiger partial charge in [0.25, 0.3) is 0 Å². The standard InChI is InChI=1S/C17H20ClF2N3.C7H8/c1-2-3-6-13(9-18)16-11-22-17(23-16)21-10-12-5-4-7-14(19)15(20)8-12;1-7-5-3-2-4-6-7/h2-8,14,16H,9-11H2,1H3,(H2,21,22,23);2-6H,1H3/b3-2-,13-6+;/t14?,16-;/m0./s1. The predicted molar refractivity (Wildman–Crippen MR) is 123 cm³/mol. The largest absolute Gasteiger partial charge is 0.352 e. The smallest absolute Gasteiger partial charge is 0.192 e. The molecule has 2 atom stereocenters. The molecular weight excluding hydrogens is 404 g/mol. The number of hydrogen-bond donors (Lipinski definition) is 2. The minimum Gasteiger partial charge on any atom is -0.352 e. The molecule has 1 unspecified atom stereocenters. The van der Waals surface area contributed by atoms with Gasteiger partial charge in [-0.2, -0.15) is 0 Å². The van der Waals surface area contributed by atoms with Gasteiger partial charge in [-0.25, -0.2) is 8.78 Å². The molecule has 1 heterocycles. The van der Waals surface area contributed by atoms with Gasteiger partial charge in [0.05, 0.1) is 12.6 Å². The van der Waals surface area contributed by atoms with Crippen LogP contribution < -0.4 is 10.6 Å². The van der Waals surface area contributed by atoms with Crippen molar-refractivity contribution in [3.8, 4) is 0 Å². The van der Waals surface area contributed by atoms with Gasteiger partial charge in [-0.05, 0) is 37.1 Å². The van der Waals surface area contributed by atoms with E-state index in [1.165, 1.54) is 23.8 Å². The van der Waals surface area contributed by atoms with Crippen LogP contribution in [0.25, 0.3) is 0 Å². The molecule has 3 rings (SSSR count). The number of guanidine groups is 1. The van der Waals surface area contributed by atoms with Gasteiger partial charge in [0.15, 0.2) is 12.1 Å². The topological polar surface area (TPSA) is 36.4 Å². The first kappa shape index (κ1) is 23.6. The normalized spacial score (nSPS) is 21.1. The zero-order valence-corrected chi connectivity index (χ0v) is 18.0. The van der Waals surface area contributed by atoms with E-state index in [4.69, 9.17) is 11.6 Å². The fourth-order valence-electron chi connectivity index (χ4n) is 2.73. The molecule has 1 aromatic carbocycles. The molecule has 160 valence electrons. The summed E-state index contributed by atoms with van der Waals surface area (Å²) in [5.74, 6) is 0.267. The molecule has 6 heteroatoms. The predicted octanol–water partition coefficient (Wildman–Crippen LogP) is 5.33. The van der Waals surface area contributed by atoms with Gasteiger partial charge in [0, 0.05) is 12.4 Å². The van der Waals surface area contributed by atoms with E-state index < -0.39 is 12.0 Å². The van der Waals surface area contributed by atoms with Gasteiger partial charge >= 0.3 is 0 Å². The molecule has 0 fully saturated rings. The first-order valence-electron chi connectivity index (χ1n) is 9.86. The number of aryl methyl sites for hydroxylation is 1. The molecule has 0 saturated heterocycles. The maximum absolute atomic E-state index is 13.4. The lowest BCUT2D eigenvalue weighted by Gasteiger charge is -2.14. The van der Waals surface area contributed by atoms with Crippen molar-refractivity contribution in [2.45, 2.75) is 26.1 Å². The Hall–Kier alpha value is -2.66. The lowest BCUT2D eigenvalue weighted by molar-refractivity contribution is 0.382. The van der Waals surface area contributed by atoms with Crippen LogP contribution in [-0.4, -0.2) is 37.1 Å². The highest BCUT2D eigenvalue weighted by molar-refractivity contribution is 6.19. The number of nitrogens with one attached hydrogen (secondary N) is 2. The van der Waals surface area contributed by atoms with Gasteiger partial charge in [-0.1, -0.05) is 66.3 Å². The van der Waals surface area contributed by atoms with Gasteiger partial charge in [0.1, 0.15) is 5.83 Å².